The van der Waals surface area contributed by atoms with Crippen LogP contribution < -0.4 is 4.98 Å². The second-order valence-corrected chi connectivity index (χ2v) is 1.57. The molecule has 0 bridgehead atoms. The molecular weight excluding hydrogens is 139 g/mol. The number of rotatable bonds is 1. The summed E-state index contributed by atoms with van der Waals surface area (Å²) in [6.45, 7) is 0. The summed E-state index contributed by atoms with van der Waals surface area (Å²) in [5.74, 6) is -2.23. The average Bonchev–Trinajstić information content (AvgIpc) is 1.88. The summed E-state index contributed by atoms with van der Waals surface area (Å²) < 4.78 is 12.4. The van der Waals surface area contributed by atoms with Gasteiger partial charge in [0.25, 0.3) is 12.0 Å². The first-order chi connectivity index (χ1) is 4.72. The molecule has 1 aromatic heterocycles. The Balaban J connectivity index is 3.15. The summed E-state index contributed by atoms with van der Waals surface area (Å²) in [6, 6.07) is 0. The van der Waals surface area contributed by atoms with E-state index in [2.05, 4.69) is 9.97 Å². The third-order valence-electron chi connectivity index (χ3n) is 0.907. The van der Waals surface area contributed by atoms with E-state index in [-0.39, 0.29) is 0 Å². The minimum Gasteiger partial charge on any atom is -0.475 e. The van der Waals surface area contributed by atoms with Crippen molar-refractivity contribution in [2.45, 2.75) is 0 Å². The molecule has 0 saturated heterocycles. The van der Waals surface area contributed by atoms with Crippen LogP contribution in [0.25, 0.3) is 0 Å². The molecule has 0 unspecified atom stereocenters. The highest BCUT2D eigenvalue weighted by molar-refractivity contribution is 5.85. The van der Waals surface area contributed by atoms with Crippen molar-refractivity contribution in [1.29, 1.82) is 0 Å². The van der Waals surface area contributed by atoms with Crippen LogP contribution in [-0.2, 0) is 0 Å². The SMILES string of the molecule is O=C(O)c1nc[nH+]cc1F. The monoisotopic (exact) mass is 143 g/mol. The van der Waals surface area contributed by atoms with Gasteiger partial charge < -0.3 is 5.11 Å². The van der Waals surface area contributed by atoms with Crippen LogP contribution in [0.2, 0.25) is 0 Å². The lowest BCUT2D eigenvalue weighted by atomic mass is 10.4. The largest absolute Gasteiger partial charge is 0.475 e. The van der Waals surface area contributed by atoms with Crippen molar-refractivity contribution >= 4 is 5.97 Å². The molecule has 0 saturated carbocycles. The van der Waals surface area contributed by atoms with Gasteiger partial charge in [0.2, 0.25) is 5.82 Å². The summed E-state index contributed by atoms with van der Waals surface area (Å²) in [7, 11) is 0. The first-order valence-electron chi connectivity index (χ1n) is 2.46. The zero-order chi connectivity index (χ0) is 7.56. The van der Waals surface area contributed by atoms with E-state index in [1.165, 1.54) is 0 Å². The summed E-state index contributed by atoms with van der Waals surface area (Å²) in [4.78, 5) is 15.7. The topological polar surface area (TPSA) is 64.3 Å². The third kappa shape index (κ3) is 1.07. The van der Waals surface area contributed by atoms with Gasteiger partial charge in [-0.05, 0) is 4.98 Å². The molecule has 0 spiro atoms. The van der Waals surface area contributed by atoms with Crippen LogP contribution in [0.1, 0.15) is 10.5 Å². The van der Waals surface area contributed by atoms with Crippen molar-refractivity contribution in [2.75, 3.05) is 0 Å². The van der Waals surface area contributed by atoms with E-state index in [9.17, 15) is 9.18 Å². The van der Waals surface area contributed by atoms with Gasteiger partial charge in [-0.2, -0.15) is 4.39 Å². The quantitative estimate of drug-likeness (QED) is 0.588. The summed E-state index contributed by atoms with van der Waals surface area (Å²) in [5, 5.41) is 8.25. The second kappa shape index (κ2) is 2.38. The second-order valence-electron chi connectivity index (χ2n) is 1.57. The molecule has 0 atom stereocenters. The number of hydrogen-bond acceptors (Lipinski definition) is 2. The van der Waals surface area contributed by atoms with Gasteiger partial charge in [-0.1, -0.05) is 0 Å². The molecule has 0 aliphatic heterocycles. The summed E-state index contributed by atoms with van der Waals surface area (Å²) in [5.41, 5.74) is -0.571. The maximum Gasteiger partial charge on any atom is 0.383 e. The number of H-pyrrole nitrogens is 1. The highest BCUT2D eigenvalue weighted by Crippen LogP contribution is 1.96. The van der Waals surface area contributed by atoms with E-state index in [4.69, 9.17) is 5.11 Å². The smallest absolute Gasteiger partial charge is 0.383 e. The average molecular weight is 143 g/mol. The van der Waals surface area contributed by atoms with Gasteiger partial charge in [-0.25, -0.2) is 9.78 Å². The maximum atomic E-state index is 12.4. The van der Waals surface area contributed by atoms with Crippen molar-refractivity contribution in [3.8, 4) is 0 Å². The molecule has 0 radical (unpaired) electrons. The normalized spacial score (nSPS) is 9.30. The number of carbonyl (C=O) groups is 1. The van der Waals surface area contributed by atoms with Gasteiger partial charge in [0, 0.05) is 0 Å². The van der Waals surface area contributed by atoms with Gasteiger partial charge in [0.05, 0.1) is 0 Å². The number of aromatic nitrogens is 2. The first-order valence-corrected chi connectivity index (χ1v) is 2.46. The molecule has 0 fully saturated rings. The molecule has 0 amide bonds. The molecule has 0 aliphatic rings. The number of carboxylic acids is 1. The van der Waals surface area contributed by atoms with Crippen LogP contribution in [-0.4, -0.2) is 16.1 Å². The Kier molecular flexibility index (Phi) is 1.57. The fourth-order valence-electron chi connectivity index (χ4n) is 0.500. The first kappa shape index (κ1) is 6.60. The lowest BCUT2D eigenvalue weighted by Gasteiger charge is -1.84. The van der Waals surface area contributed by atoms with Gasteiger partial charge in [-0.15, -0.1) is 0 Å². The predicted octanol–water partition coefficient (Wildman–Crippen LogP) is -0.267. The van der Waals surface area contributed by atoms with Crippen LogP contribution in [0.4, 0.5) is 4.39 Å². The van der Waals surface area contributed by atoms with Crippen LogP contribution in [0, 0.1) is 5.82 Å². The lowest BCUT2D eigenvalue weighted by molar-refractivity contribution is -0.385. The Morgan fingerprint density at radius 1 is 1.80 bits per heavy atom. The molecule has 52 valence electrons. The summed E-state index contributed by atoms with van der Waals surface area (Å²) in [6.07, 6.45) is 2.03. The molecule has 1 rings (SSSR count). The van der Waals surface area contributed by atoms with Crippen LogP contribution in [0.5, 0.6) is 0 Å². The Morgan fingerprint density at radius 3 is 2.90 bits per heavy atom. The van der Waals surface area contributed by atoms with Crippen molar-refractivity contribution in [3.05, 3.63) is 24.0 Å². The Labute approximate surface area is 55.4 Å². The summed E-state index contributed by atoms with van der Waals surface area (Å²) >= 11 is 0. The number of nitrogens with one attached hydrogen (secondary N) is 1. The number of aromatic amines is 1. The zero-order valence-electron chi connectivity index (χ0n) is 4.84. The van der Waals surface area contributed by atoms with Crippen molar-refractivity contribution in [3.63, 3.8) is 0 Å². The van der Waals surface area contributed by atoms with Gasteiger partial charge in [0.1, 0.15) is 6.20 Å². The van der Waals surface area contributed by atoms with E-state index in [1.807, 2.05) is 0 Å². The van der Waals surface area contributed by atoms with Crippen molar-refractivity contribution in [2.24, 2.45) is 0 Å². The van der Waals surface area contributed by atoms with E-state index in [0.29, 0.717) is 0 Å². The maximum absolute atomic E-state index is 12.4. The predicted molar refractivity (Wildman–Crippen MR) is 27.7 cm³/mol. The molecule has 1 heterocycles. The van der Waals surface area contributed by atoms with Crippen LogP contribution in [0.15, 0.2) is 12.5 Å². The van der Waals surface area contributed by atoms with E-state index in [0.717, 1.165) is 12.5 Å². The number of hydrogen-bond donors (Lipinski definition) is 1. The number of carboxylic acid groups (broad SMARTS) is 1. The van der Waals surface area contributed by atoms with Crippen LogP contribution >= 0.6 is 0 Å². The van der Waals surface area contributed by atoms with Crippen molar-refractivity contribution < 1.29 is 19.3 Å². The number of aromatic carboxylic acids is 1. The fourth-order valence-corrected chi connectivity index (χ4v) is 0.500. The number of nitrogens with zero attached hydrogens (tertiary/aromatic N) is 1. The molecule has 0 aliphatic carbocycles. The molecule has 0 aromatic carbocycles. The minimum absolute atomic E-state index is 0.571. The highest BCUT2D eigenvalue weighted by Gasteiger charge is 2.16. The van der Waals surface area contributed by atoms with Crippen molar-refractivity contribution in [1.82, 2.24) is 4.98 Å². The minimum atomic E-state index is -1.37. The lowest BCUT2D eigenvalue weighted by Crippen LogP contribution is -2.11. The molecule has 5 heteroatoms. The third-order valence-corrected chi connectivity index (χ3v) is 0.907. The molecule has 10 heavy (non-hydrogen) atoms. The van der Waals surface area contributed by atoms with E-state index >= 15 is 0 Å². The van der Waals surface area contributed by atoms with Gasteiger partial charge >= 0.3 is 5.97 Å². The Hall–Kier alpha value is -1.52. The Morgan fingerprint density at radius 2 is 2.50 bits per heavy atom. The van der Waals surface area contributed by atoms with E-state index < -0.39 is 17.5 Å². The molecular formula is C5H4FN2O2+. The van der Waals surface area contributed by atoms with Gasteiger partial charge in [-0.3, -0.25) is 0 Å². The highest BCUT2D eigenvalue weighted by atomic mass is 19.1. The fraction of sp³-hybridized carbons (Fsp3) is 0. The molecule has 1 aromatic rings. The number of halogens is 1. The molecule has 4 nitrogen and oxygen atoms in total. The molecule has 2 N–H and O–H groups in total. The standard InChI is InChI=1S/C5H3FN2O2/c6-3-1-7-2-8-4(3)5(9)10/h1-2H,(H,9,10)/p+1. The van der Waals surface area contributed by atoms with Crippen LogP contribution in [0.3, 0.4) is 0 Å². The van der Waals surface area contributed by atoms with Gasteiger partial charge in [0.15, 0.2) is 0 Å². The zero-order valence-corrected chi connectivity index (χ0v) is 4.84. The Bertz CT molecular complexity index is 264. The van der Waals surface area contributed by atoms with E-state index in [1.54, 1.807) is 0 Å².